The van der Waals surface area contributed by atoms with Crippen molar-refractivity contribution in [3.05, 3.63) is 58.7 Å². The van der Waals surface area contributed by atoms with Gasteiger partial charge >= 0.3 is 0 Å². The van der Waals surface area contributed by atoms with E-state index in [0.717, 1.165) is 43.8 Å². The van der Waals surface area contributed by atoms with Gasteiger partial charge in [-0.25, -0.2) is 4.68 Å². The average Bonchev–Trinajstić information content (AvgIpc) is 3.28. The molecule has 3 heterocycles. The van der Waals surface area contributed by atoms with Crippen LogP contribution in [-0.2, 0) is 16.7 Å². The molecule has 1 aromatic carbocycles. The first-order valence-electron chi connectivity index (χ1n) is 7.83. The average molecular weight is 478 g/mol. The monoisotopic (exact) mass is 476 g/mol. The van der Waals surface area contributed by atoms with Gasteiger partial charge in [-0.2, -0.15) is 5.10 Å². The molecule has 0 aliphatic carbocycles. The van der Waals surface area contributed by atoms with Gasteiger partial charge in [-0.1, -0.05) is 37.0 Å². The molecule has 0 N–H and O–H groups in total. The quantitative estimate of drug-likeness (QED) is 0.383. The van der Waals surface area contributed by atoms with E-state index in [9.17, 15) is 0 Å². The van der Waals surface area contributed by atoms with Crippen molar-refractivity contribution in [3.8, 4) is 16.9 Å². The summed E-state index contributed by atoms with van der Waals surface area (Å²) in [6, 6.07) is 9.85. The number of hydrogen-bond acceptors (Lipinski definition) is 5. The first-order valence-corrected chi connectivity index (χ1v) is 9.75. The minimum atomic E-state index is 0.395. The fourth-order valence-electron chi connectivity index (χ4n) is 2.86. The highest BCUT2D eigenvalue weighted by atomic mass is 79.9. The number of halogens is 2. The molecular weight excluding hydrogens is 464 g/mol. The van der Waals surface area contributed by atoms with Gasteiger partial charge in [-0.3, -0.25) is 4.98 Å². The zero-order valence-electron chi connectivity index (χ0n) is 13.8. The van der Waals surface area contributed by atoms with Gasteiger partial charge in [-0.15, -0.1) is 0 Å². The van der Waals surface area contributed by atoms with E-state index >= 15 is 0 Å². The summed E-state index contributed by atoms with van der Waals surface area (Å²) in [6.07, 6.45) is 3.57. The molecule has 0 atom stereocenters. The van der Waals surface area contributed by atoms with Crippen molar-refractivity contribution in [3.63, 3.8) is 0 Å². The van der Waals surface area contributed by atoms with Crippen molar-refractivity contribution >= 4 is 42.8 Å². The molecule has 0 saturated carbocycles. The fourth-order valence-corrected chi connectivity index (χ4v) is 3.48. The van der Waals surface area contributed by atoms with Gasteiger partial charge < -0.3 is 9.26 Å². The first kappa shape index (κ1) is 17.4. The minimum absolute atomic E-state index is 0.395. The summed E-state index contributed by atoms with van der Waals surface area (Å²) in [7, 11) is 1.66. The Labute approximate surface area is 166 Å². The molecule has 8 heteroatoms. The summed E-state index contributed by atoms with van der Waals surface area (Å²) in [5.74, 6) is 0.760. The van der Waals surface area contributed by atoms with Crippen LogP contribution in [-0.4, -0.2) is 27.0 Å². The second-order valence-electron chi connectivity index (χ2n) is 5.65. The summed E-state index contributed by atoms with van der Waals surface area (Å²) in [6.45, 7) is 0.395. The summed E-state index contributed by atoms with van der Waals surface area (Å²) < 4.78 is 13.6. The van der Waals surface area contributed by atoms with Crippen LogP contribution >= 0.6 is 31.9 Å². The SMILES string of the molecule is COCc1c(-c2cc(CBr)on2)cnn1-c1ccnc2cc(Br)ccc12. The largest absolute Gasteiger partial charge is 0.378 e. The van der Waals surface area contributed by atoms with E-state index < -0.39 is 0 Å². The maximum Gasteiger partial charge on any atom is 0.147 e. The van der Waals surface area contributed by atoms with Crippen LogP contribution in [0.4, 0.5) is 0 Å². The second kappa shape index (κ2) is 7.30. The van der Waals surface area contributed by atoms with E-state index in [0.29, 0.717) is 11.9 Å². The summed E-state index contributed by atoms with van der Waals surface area (Å²) in [5.41, 5.74) is 4.34. The maximum absolute atomic E-state index is 5.42. The number of ether oxygens (including phenoxy) is 1. The first-order chi connectivity index (χ1) is 12.7. The van der Waals surface area contributed by atoms with Crippen LogP contribution in [0.15, 0.2) is 51.7 Å². The van der Waals surface area contributed by atoms with Gasteiger partial charge in [0.25, 0.3) is 0 Å². The molecule has 0 unspecified atom stereocenters. The predicted octanol–water partition coefficient (Wildman–Crippen LogP) is 4.88. The van der Waals surface area contributed by atoms with Crippen LogP contribution in [0.25, 0.3) is 27.8 Å². The second-order valence-corrected chi connectivity index (χ2v) is 7.13. The summed E-state index contributed by atoms with van der Waals surface area (Å²) in [5, 5.41) is 10.4. The van der Waals surface area contributed by atoms with Crippen LogP contribution in [0, 0.1) is 0 Å². The van der Waals surface area contributed by atoms with Crippen LogP contribution in [0.3, 0.4) is 0 Å². The minimum Gasteiger partial charge on any atom is -0.378 e. The van der Waals surface area contributed by atoms with Gasteiger partial charge in [0.15, 0.2) is 0 Å². The molecule has 0 fully saturated rings. The lowest BCUT2D eigenvalue weighted by atomic mass is 10.1. The maximum atomic E-state index is 5.42. The third kappa shape index (κ3) is 3.08. The Bertz CT molecular complexity index is 1070. The normalized spacial score (nSPS) is 11.3. The molecule has 0 saturated heterocycles. The van der Waals surface area contributed by atoms with Crippen molar-refractivity contribution in [2.24, 2.45) is 0 Å². The van der Waals surface area contributed by atoms with E-state index in [1.165, 1.54) is 0 Å². The number of nitrogens with zero attached hydrogens (tertiary/aromatic N) is 4. The van der Waals surface area contributed by atoms with Crippen molar-refractivity contribution in [1.29, 1.82) is 0 Å². The Hall–Kier alpha value is -2.03. The smallest absolute Gasteiger partial charge is 0.147 e. The van der Waals surface area contributed by atoms with Gasteiger partial charge in [0.2, 0.25) is 0 Å². The predicted molar refractivity (Wildman–Crippen MR) is 105 cm³/mol. The van der Waals surface area contributed by atoms with E-state index in [-0.39, 0.29) is 0 Å². The third-order valence-corrected chi connectivity index (χ3v) is 5.07. The van der Waals surface area contributed by atoms with Crippen molar-refractivity contribution < 1.29 is 9.26 Å². The van der Waals surface area contributed by atoms with Gasteiger partial charge in [-0.05, 0) is 24.3 Å². The highest BCUT2D eigenvalue weighted by Gasteiger charge is 2.18. The zero-order valence-corrected chi connectivity index (χ0v) is 17.0. The number of alkyl halides is 1. The lowest BCUT2D eigenvalue weighted by Crippen LogP contribution is -2.05. The number of fused-ring (bicyclic) bond motifs is 1. The van der Waals surface area contributed by atoms with E-state index in [1.54, 1.807) is 19.5 Å². The van der Waals surface area contributed by atoms with Gasteiger partial charge in [0, 0.05) is 34.8 Å². The lowest BCUT2D eigenvalue weighted by Gasteiger charge is -2.11. The summed E-state index contributed by atoms with van der Waals surface area (Å²) in [4.78, 5) is 4.45. The molecule has 3 aromatic heterocycles. The van der Waals surface area contributed by atoms with Crippen LogP contribution in [0.1, 0.15) is 11.5 Å². The molecule has 0 aliphatic rings. The topological polar surface area (TPSA) is 66.0 Å². The molecule has 0 aliphatic heterocycles. The molecule has 6 nitrogen and oxygen atoms in total. The Kier molecular flexibility index (Phi) is 4.88. The highest BCUT2D eigenvalue weighted by molar-refractivity contribution is 9.10. The number of aromatic nitrogens is 4. The Morgan fingerprint density at radius 1 is 1.23 bits per heavy atom. The van der Waals surface area contributed by atoms with Crippen molar-refractivity contribution in [2.45, 2.75) is 11.9 Å². The molecule has 4 rings (SSSR count). The standard InChI is InChI=1S/C18H14Br2N4O2/c1-25-10-18-14(16-7-12(8-19)26-23-16)9-22-24(18)17-4-5-21-15-6-11(20)2-3-13(15)17/h2-7,9H,8,10H2,1H3. The van der Waals surface area contributed by atoms with Crippen molar-refractivity contribution in [1.82, 2.24) is 19.9 Å². The lowest BCUT2D eigenvalue weighted by molar-refractivity contribution is 0.179. The Morgan fingerprint density at radius 2 is 2.12 bits per heavy atom. The molecule has 0 amide bonds. The highest BCUT2D eigenvalue weighted by Crippen LogP contribution is 2.30. The van der Waals surface area contributed by atoms with Crippen LogP contribution in [0.2, 0.25) is 0 Å². The zero-order chi connectivity index (χ0) is 18.1. The number of hydrogen-bond donors (Lipinski definition) is 0. The van der Waals surface area contributed by atoms with E-state index in [2.05, 4.69) is 47.1 Å². The van der Waals surface area contributed by atoms with E-state index in [1.807, 2.05) is 35.0 Å². The number of rotatable bonds is 5. The van der Waals surface area contributed by atoms with E-state index in [4.69, 9.17) is 9.26 Å². The molecule has 132 valence electrons. The Balaban J connectivity index is 1.90. The third-order valence-electron chi connectivity index (χ3n) is 4.03. The molecule has 0 radical (unpaired) electrons. The van der Waals surface area contributed by atoms with Gasteiger partial charge in [0.1, 0.15) is 11.5 Å². The fraction of sp³-hybridized carbons (Fsp3) is 0.167. The molecule has 4 aromatic rings. The van der Waals surface area contributed by atoms with Crippen LogP contribution < -0.4 is 0 Å². The molecular formula is C18H14Br2N4O2. The number of pyridine rings is 1. The molecule has 0 spiro atoms. The molecule has 0 bridgehead atoms. The molecule has 26 heavy (non-hydrogen) atoms. The Morgan fingerprint density at radius 3 is 2.88 bits per heavy atom. The van der Waals surface area contributed by atoms with Crippen molar-refractivity contribution in [2.75, 3.05) is 7.11 Å². The number of methoxy groups -OCH3 is 1. The summed E-state index contributed by atoms with van der Waals surface area (Å²) >= 11 is 6.87. The van der Waals surface area contributed by atoms with Crippen LogP contribution in [0.5, 0.6) is 0 Å². The van der Waals surface area contributed by atoms with Gasteiger partial charge in [0.05, 0.1) is 35.0 Å². The number of benzene rings is 1.